The van der Waals surface area contributed by atoms with E-state index < -0.39 is 23.6 Å². The van der Waals surface area contributed by atoms with E-state index in [0.29, 0.717) is 11.3 Å². The number of hydrogen-bond donors (Lipinski definition) is 2. The monoisotopic (exact) mass is 247 g/mol. The standard InChI is InChI=1S/C12H13N3O3/c1-6(10(14)16)5-15-11(17)8-3-2-7(13)4-9(8)12(15)18/h2-4,6H,5,13H2,1H3,(H2,14,16). The Morgan fingerprint density at radius 3 is 2.50 bits per heavy atom. The topological polar surface area (TPSA) is 106 Å². The molecule has 0 saturated heterocycles. The molecule has 2 rings (SSSR count). The molecule has 1 aromatic carbocycles. The van der Waals surface area contributed by atoms with Crippen LogP contribution in [0.15, 0.2) is 18.2 Å². The minimum Gasteiger partial charge on any atom is -0.399 e. The van der Waals surface area contributed by atoms with Gasteiger partial charge in [0.25, 0.3) is 11.8 Å². The van der Waals surface area contributed by atoms with Crippen LogP contribution in [0.2, 0.25) is 0 Å². The van der Waals surface area contributed by atoms with Crippen LogP contribution in [0.3, 0.4) is 0 Å². The minimum atomic E-state index is -0.579. The summed E-state index contributed by atoms with van der Waals surface area (Å²) in [5, 5.41) is 0. The van der Waals surface area contributed by atoms with Crippen LogP contribution >= 0.6 is 0 Å². The van der Waals surface area contributed by atoms with Gasteiger partial charge in [-0.3, -0.25) is 19.3 Å². The third-order valence-electron chi connectivity index (χ3n) is 2.94. The van der Waals surface area contributed by atoms with Gasteiger partial charge in [-0.2, -0.15) is 0 Å². The SMILES string of the molecule is CC(CN1C(=O)c2ccc(N)cc2C1=O)C(N)=O. The summed E-state index contributed by atoms with van der Waals surface area (Å²) in [6.07, 6.45) is 0. The fraction of sp³-hybridized carbons (Fsp3) is 0.250. The zero-order valence-corrected chi connectivity index (χ0v) is 9.84. The number of anilines is 1. The quantitative estimate of drug-likeness (QED) is 0.578. The number of benzene rings is 1. The summed E-state index contributed by atoms with van der Waals surface area (Å²) in [5.74, 6) is -1.98. The number of primary amides is 1. The summed E-state index contributed by atoms with van der Waals surface area (Å²) in [4.78, 5) is 36.0. The fourth-order valence-corrected chi connectivity index (χ4v) is 1.84. The van der Waals surface area contributed by atoms with Crippen LogP contribution in [0.5, 0.6) is 0 Å². The summed E-state index contributed by atoms with van der Waals surface area (Å²) in [6.45, 7) is 1.56. The summed E-state index contributed by atoms with van der Waals surface area (Å²) in [7, 11) is 0. The van der Waals surface area contributed by atoms with Crippen LogP contribution in [-0.4, -0.2) is 29.2 Å². The van der Waals surface area contributed by atoms with Crippen LogP contribution in [-0.2, 0) is 4.79 Å². The van der Waals surface area contributed by atoms with E-state index in [1.165, 1.54) is 12.1 Å². The number of nitrogen functional groups attached to an aromatic ring is 1. The second-order valence-corrected chi connectivity index (χ2v) is 4.33. The van der Waals surface area contributed by atoms with Crippen molar-refractivity contribution >= 4 is 23.4 Å². The predicted octanol–water partition coefficient (Wildman–Crippen LogP) is -0.0138. The number of hydrogen-bond acceptors (Lipinski definition) is 4. The van der Waals surface area contributed by atoms with E-state index in [9.17, 15) is 14.4 Å². The molecule has 3 amide bonds. The van der Waals surface area contributed by atoms with Crippen molar-refractivity contribution in [3.63, 3.8) is 0 Å². The fourth-order valence-electron chi connectivity index (χ4n) is 1.84. The lowest BCUT2D eigenvalue weighted by atomic mass is 10.1. The molecule has 4 N–H and O–H groups in total. The molecule has 0 fully saturated rings. The minimum absolute atomic E-state index is 0.0123. The maximum atomic E-state index is 12.0. The van der Waals surface area contributed by atoms with Crippen LogP contribution in [0.1, 0.15) is 27.6 Å². The Morgan fingerprint density at radius 1 is 1.28 bits per heavy atom. The molecular weight excluding hydrogens is 234 g/mol. The Balaban J connectivity index is 2.31. The average Bonchev–Trinajstić information content (AvgIpc) is 2.54. The number of nitrogens with zero attached hydrogens (tertiary/aromatic N) is 1. The first kappa shape index (κ1) is 12.1. The van der Waals surface area contributed by atoms with Gasteiger partial charge in [-0.1, -0.05) is 6.92 Å². The molecule has 0 saturated carbocycles. The molecule has 0 radical (unpaired) electrons. The molecule has 6 nitrogen and oxygen atoms in total. The Hall–Kier alpha value is -2.37. The first-order chi connectivity index (χ1) is 8.41. The van der Waals surface area contributed by atoms with Crippen LogP contribution in [0.4, 0.5) is 5.69 Å². The van der Waals surface area contributed by atoms with Crippen molar-refractivity contribution in [2.75, 3.05) is 12.3 Å². The number of imide groups is 1. The predicted molar refractivity (Wildman–Crippen MR) is 64.6 cm³/mol. The van der Waals surface area contributed by atoms with Gasteiger partial charge in [0, 0.05) is 12.2 Å². The molecule has 0 aliphatic carbocycles. The number of nitrogens with two attached hydrogens (primary N) is 2. The smallest absolute Gasteiger partial charge is 0.261 e. The second kappa shape index (κ2) is 4.14. The third-order valence-corrected chi connectivity index (χ3v) is 2.94. The molecule has 1 atom stereocenters. The van der Waals surface area contributed by atoms with Crippen molar-refractivity contribution < 1.29 is 14.4 Å². The molecule has 6 heteroatoms. The molecule has 1 aromatic rings. The van der Waals surface area contributed by atoms with Crippen LogP contribution < -0.4 is 11.5 Å². The van der Waals surface area contributed by atoms with Gasteiger partial charge in [0.1, 0.15) is 0 Å². The third kappa shape index (κ3) is 1.81. The largest absolute Gasteiger partial charge is 0.399 e. The van der Waals surface area contributed by atoms with Gasteiger partial charge in [0.05, 0.1) is 17.0 Å². The van der Waals surface area contributed by atoms with Crippen molar-refractivity contribution in [2.45, 2.75) is 6.92 Å². The van der Waals surface area contributed by atoms with Crippen molar-refractivity contribution in [2.24, 2.45) is 11.7 Å². The van der Waals surface area contributed by atoms with Gasteiger partial charge in [-0.05, 0) is 18.2 Å². The van der Waals surface area contributed by atoms with E-state index in [1.54, 1.807) is 13.0 Å². The second-order valence-electron chi connectivity index (χ2n) is 4.33. The zero-order chi connectivity index (χ0) is 13.4. The van der Waals surface area contributed by atoms with E-state index in [1.807, 2.05) is 0 Å². The molecule has 1 aliphatic rings. The van der Waals surface area contributed by atoms with Gasteiger partial charge in [0.15, 0.2) is 0 Å². The van der Waals surface area contributed by atoms with E-state index >= 15 is 0 Å². The molecule has 1 unspecified atom stereocenters. The number of amides is 3. The lowest BCUT2D eigenvalue weighted by molar-refractivity contribution is -0.121. The van der Waals surface area contributed by atoms with Crippen molar-refractivity contribution in [1.82, 2.24) is 4.90 Å². The van der Waals surface area contributed by atoms with Crippen LogP contribution in [0.25, 0.3) is 0 Å². The molecule has 1 aliphatic heterocycles. The lowest BCUT2D eigenvalue weighted by Gasteiger charge is -2.16. The van der Waals surface area contributed by atoms with Crippen molar-refractivity contribution in [1.29, 1.82) is 0 Å². The Bertz CT molecular complexity index is 553. The van der Waals surface area contributed by atoms with Crippen molar-refractivity contribution in [3.8, 4) is 0 Å². The van der Waals surface area contributed by atoms with Crippen LogP contribution in [0, 0.1) is 5.92 Å². The molecule has 94 valence electrons. The van der Waals surface area contributed by atoms with E-state index in [0.717, 1.165) is 4.90 Å². The summed E-state index contributed by atoms with van der Waals surface area (Å²) < 4.78 is 0. The highest BCUT2D eigenvalue weighted by molar-refractivity contribution is 6.21. The molecule has 1 heterocycles. The highest BCUT2D eigenvalue weighted by Gasteiger charge is 2.36. The average molecular weight is 247 g/mol. The normalized spacial score (nSPS) is 15.7. The van der Waals surface area contributed by atoms with E-state index in [2.05, 4.69) is 0 Å². The molecule has 18 heavy (non-hydrogen) atoms. The maximum absolute atomic E-state index is 12.0. The highest BCUT2D eigenvalue weighted by Crippen LogP contribution is 2.25. The number of carbonyl (C=O) groups is 3. The number of fused-ring (bicyclic) bond motifs is 1. The van der Waals surface area contributed by atoms with Crippen molar-refractivity contribution in [3.05, 3.63) is 29.3 Å². The van der Waals surface area contributed by atoms with Gasteiger partial charge >= 0.3 is 0 Å². The maximum Gasteiger partial charge on any atom is 0.261 e. The first-order valence-electron chi connectivity index (χ1n) is 5.47. The first-order valence-corrected chi connectivity index (χ1v) is 5.47. The summed E-state index contributed by atoms with van der Waals surface area (Å²) in [6, 6.07) is 4.54. The van der Waals surface area contributed by atoms with Gasteiger partial charge < -0.3 is 11.5 Å². The van der Waals surface area contributed by atoms with E-state index in [-0.39, 0.29) is 12.1 Å². The summed E-state index contributed by atoms with van der Waals surface area (Å²) >= 11 is 0. The Labute approximate surface area is 104 Å². The summed E-state index contributed by atoms with van der Waals surface area (Å²) in [5.41, 5.74) is 11.7. The number of carbonyl (C=O) groups excluding carboxylic acids is 3. The molecule has 0 aromatic heterocycles. The van der Waals surface area contributed by atoms with E-state index in [4.69, 9.17) is 11.5 Å². The Kier molecular flexibility index (Phi) is 2.78. The van der Waals surface area contributed by atoms with Gasteiger partial charge in [0.2, 0.25) is 5.91 Å². The van der Waals surface area contributed by atoms with Gasteiger partial charge in [-0.25, -0.2) is 0 Å². The molecule has 0 spiro atoms. The molecular formula is C12H13N3O3. The lowest BCUT2D eigenvalue weighted by Crippen LogP contribution is -2.38. The zero-order valence-electron chi connectivity index (χ0n) is 9.84. The van der Waals surface area contributed by atoms with Gasteiger partial charge in [-0.15, -0.1) is 0 Å². The highest BCUT2D eigenvalue weighted by atomic mass is 16.2. The molecule has 0 bridgehead atoms. The number of rotatable bonds is 3. The Morgan fingerprint density at radius 2 is 1.89 bits per heavy atom.